The molecule has 0 radical (unpaired) electrons. The van der Waals surface area contributed by atoms with Crippen LogP contribution >= 0.6 is 11.3 Å². The molecule has 2 unspecified atom stereocenters. The number of aryl methyl sites for hydroxylation is 1. The van der Waals surface area contributed by atoms with Crippen LogP contribution in [0.3, 0.4) is 0 Å². The van der Waals surface area contributed by atoms with Crippen LogP contribution in [-0.4, -0.2) is 31.6 Å². The van der Waals surface area contributed by atoms with Crippen LogP contribution in [0, 0.1) is 6.92 Å². The van der Waals surface area contributed by atoms with E-state index >= 15 is 0 Å². The van der Waals surface area contributed by atoms with Gasteiger partial charge in [0.2, 0.25) is 5.91 Å². The van der Waals surface area contributed by atoms with Gasteiger partial charge in [-0.25, -0.2) is 10.9 Å². The van der Waals surface area contributed by atoms with Gasteiger partial charge in [0.15, 0.2) is 0 Å². The first-order chi connectivity index (χ1) is 12.2. The first-order valence-corrected chi connectivity index (χ1v) is 9.70. The predicted octanol–water partition coefficient (Wildman–Crippen LogP) is 2.14. The molecule has 1 aromatic carbocycles. The number of thiophene rings is 1. The van der Waals surface area contributed by atoms with E-state index in [1.165, 1.54) is 21.0 Å². The number of hydrogen-bond donors (Lipinski definition) is 3. The van der Waals surface area contributed by atoms with E-state index in [0.717, 1.165) is 25.9 Å². The van der Waals surface area contributed by atoms with Crippen molar-refractivity contribution in [2.75, 3.05) is 24.5 Å². The second kappa shape index (κ2) is 7.15. The molecule has 0 spiro atoms. The lowest BCUT2D eigenvalue weighted by atomic mass is 10.1. The molecule has 3 heterocycles. The second-order valence-corrected chi connectivity index (χ2v) is 8.05. The third kappa shape index (κ3) is 3.56. The highest BCUT2D eigenvalue weighted by Crippen LogP contribution is 2.28. The quantitative estimate of drug-likeness (QED) is 0.768. The lowest BCUT2D eigenvalue weighted by molar-refractivity contribution is -0.122. The fraction of sp³-hybridized carbons (Fsp3) is 0.421. The molecule has 4 rings (SSSR count). The summed E-state index contributed by atoms with van der Waals surface area (Å²) in [4.78, 5) is 17.4. The van der Waals surface area contributed by atoms with Gasteiger partial charge in [0.25, 0.3) is 0 Å². The average Bonchev–Trinajstić information content (AvgIpc) is 3.34. The number of amides is 1. The zero-order valence-electron chi connectivity index (χ0n) is 14.4. The van der Waals surface area contributed by atoms with Crippen molar-refractivity contribution in [1.82, 2.24) is 16.2 Å². The number of anilines is 1. The highest BCUT2D eigenvalue weighted by atomic mass is 32.1. The lowest BCUT2D eigenvalue weighted by Gasteiger charge is -2.20. The SMILES string of the molecule is Cc1ccc(C2CC(C(=O)NCCN3CCc4ccccc43)NN2)s1. The summed E-state index contributed by atoms with van der Waals surface area (Å²) >= 11 is 1.79. The van der Waals surface area contributed by atoms with Crippen molar-refractivity contribution >= 4 is 22.9 Å². The van der Waals surface area contributed by atoms with E-state index in [1.54, 1.807) is 11.3 Å². The Balaban J connectivity index is 1.25. The van der Waals surface area contributed by atoms with Gasteiger partial charge in [0, 0.05) is 35.1 Å². The second-order valence-electron chi connectivity index (χ2n) is 6.73. The molecule has 0 aliphatic carbocycles. The summed E-state index contributed by atoms with van der Waals surface area (Å²) in [5.74, 6) is 0.0794. The molecule has 25 heavy (non-hydrogen) atoms. The Labute approximate surface area is 152 Å². The van der Waals surface area contributed by atoms with Crippen molar-refractivity contribution in [3.63, 3.8) is 0 Å². The predicted molar refractivity (Wildman–Crippen MR) is 102 cm³/mol. The number of nitrogens with zero attached hydrogens (tertiary/aromatic N) is 1. The van der Waals surface area contributed by atoms with Crippen LogP contribution < -0.4 is 21.1 Å². The number of carbonyl (C=O) groups excluding carboxylic acids is 1. The molecule has 6 heteroatoms. The number of rotatable bonds is 5. The minimum atomic E-state index is -0.168. The van der Waals surface area contributed by atoms with E-state index in [-0.39, 0.29) is 18.0 Å². The summed E-state index contributed by atoms with van der Waals surface area (Å²) in [6.07, 6.45) is 1.89. The highest BCUT2D eigenvalue weighted by Gasteiger charge is 2.30. The Kier molecular flexibility index (Phi) is 4.74. The number of benzene rings is 1. The van der Waals surface area contributed by atoms with Gasteiger partial charge in [-0.05, 0) is 43.5 Å². The Hall–Kier alpha value is -1.89. The Morgan fingerprint density at radius 3 is 3.00 bits per heavy atom. The molecule has 1 fully saturated rings. The molecular weight excluding hydrogens is 332 g/mol. The van der Waals surface area contributed by atoms with Crippen molar-refractivity contribution in [2.24, 2.45) is 0 Å². The van der Waals surface area contributed by atoms with Gasteiger partial charge >= 0.3 is 0 Å². The topological polar surface area (TPSA) is 56.4 Å². The van der Waals surface area contributed by atoms with Gasteiger partial charge in [-0.15, -0.1) is 11.3 Å². The monoisotopic (exact) mass is 356 g/mol. The van der Waals surface area contributed by atoms with E-state index in [9.17, 15) is 4.79 Å². The first-order valence-electron chi connectivity index (χ1n) is 8.88. The molecular formula is C19H24N4OS. The summed E-state index contributed by atoms with van der Waals surface area (Å²) < 4.78 is 0. The Bertz CT molecular complexity index is 759. The summed E-state index contributed by atoms with van der Waals surface area (Å²) in [5, 5.41) is 3.08. The van der Waals surface area contributed by atoms with Crippen LogP contribution in [-0.2, 0) is 11.2 Å². The lowest BCUT2D eigenvalue weighted by Crippen LogP contribution is -2.45. The molecule has 2 aliphatic rings. The molecule has 5 nitrogen and oxygen atoms in total. The Morgan fingerprint density at radius 2 is 2.16 bits per heavy atom. The van der Waals surface area contributed by atoms with Crippen molar-refractivity contribution in [2.45, 2.75) is 31.8 Å². The van der Waals surface area contributed by atoms with Gasteiger partial charge in [-0.1, -0.05) is 18.2 Å². The van der Waals surface area contributed by atoms with Gasteiger partial charge in [-0.2, -0.15) is 0 Å². The summed E-state index contributed by atoms with van der Waals surface area (Å²) in [5.41, 5.74) is 9.11. The first kappa shape index (κ1) is 16.6. The number of nitrogens with one attached hydrogen (secondary N) is 3. The van der Waals surface area contributed by atoms with Crippen LogP contribution in [0.5, 0.6) is 0 Å². The van der Waals surface area contributed by atoms with E-state index in [4.69, 9.17) is 0 Å². The van der Waals surface area contributed by atoms with Crippen molar-refractivity contribution in [1.29, 1.82) is 0 Å². The normalized spacial score (nSPS) is 22.2. The number of para-hydroxylation sites is 1. The third-order valence-corrected chi connectivity index (χ3v) is 6.10. The summed E-state index contributed by atoms with van der Waals surface area (Å²) in [6.45, 7) is 4.68. The maximum absolute atomic E-state index is 12.4. The zero-order chi connectivity index (χ0) is 17.2. The number of hydrazine groups is 1. The van der Waals surface area contributed by atoms with Gasteiger partial charge in [0.1, 0.15) is 6.04 Å². The molecule has 1 saturated heterocycles. The number of carbonyl (C=O) groups is 1. The van der Waals surface area contributed by atoms with E-state index in [1.807, 2.05) is 0 Å². The van der Waals surface area contributed by atoms with Crippen molar-refractivity contribution in [3.8, 4) is 0 Å². The molecule has 0 bridgehead atoms. The van der Waals surface area contributed by atoms with Crippen LogP contribution in [0.4, 0.5) is 5.69 Å². The summed E-state index contributed by atoms with van der Waals surface area (Å²) in [7, 11) is 0. The summed E-state index contributed by atoms with van der Waals surface area (Å²) in [6, 6.07) is 12.9. The van der Waals surface area contributed by atoms with Gasteiger partial charge in [-0.3, -0.25) is 4.79 Å². The zero-order valence-corrected chi connectivity index (χ0v) is 15.2. The molecule has 2 aliphatic heterocycles. The van der Waals surface area contributed by atoms with Crippen LogP contribution in [0.25, 0.3) is 0 Å². The van der Waals surface area contributed by atoms with E-state index in [0.29, 0.717) is 6.54 Å². The molecule has 1 amide bonds. The maximum Gasteiger partial charge on any atom is 0.238 e. The average molecular weight is 356 g/mol. The van der Waals surface area contributed by atoms with Gasteiger partial charge < -0.3 is 10.2 Å². The minimum absolute atomic E-state index is 0.0794. The van der Waals surface area contributed by atoms with Crippen molar-refractivity contribution in [3.05, 3.63) is 51.7 Å². The number of fused-ring (bicyclic) bond motifs is 1. The van der Waals surface area contributed by atoms with Crippen LogP contribution in [0.15, 0.2) is 36.4 Å². The fourth-order valence-electron chi connectivity index (χ4n) is 3.63. The molecule has 0 saturated carbocycles. The Morgan fingerprint density at radius 1 is 1.28 bits per heavy atom. The van der Waals surface area contributed by atoms with E-state index in [2.05, 4.69) is 64.4 Å². The van der Waals surface area contributed by atoms with Crippen LogP contribution in [0.2, 0.25) is 0 Å². The smallest absolute Gasteiger partial charge is 0.238 e. The third-order valence-electron chi connectivity index (χ3n) is 4.99. The molecule has 3 N–H and O–H groups in total. The number of hydrogen-bond acceptors (Lipinski definition) is 5. The fourth-order valence-corrected chi connectivity index (χ4v) is 4.57. The molecule has 2 aromatic rings. The van der Waals surface area contributed by atoms with Gasteiger partial charge in [0.05, 0.1) is 6.04 Å². The molecule has 132 valence electrons. The molecule has 2 atom stereocenters. The molecule has 1 aromatic heterocycles. The maximum atomic E-state index is 12.4. The van der Waals surface area contributed by atoms with Crippen molar-refractivity contribution < 1.29 is 4.79 Å². The standard InChI is InChI=1S/C19H24N4OS/c1-13-6-7-18(25-13)15-12-16(22-21-15)19(24)20-9-11-23-10-8-14-4-2-3-5-17(14)23/h2-7,15-16,21-22H,8-12H2,1H3,(H,20,24). The minimum Gasteiger partial charge on any atom is -0.369 e. The highest BCUT2D eigenvalue weighted by molar-refractivity contribution is 7.12. The van der Waals surface area contributed by atoms with Crippen LogP contribution in [0.1, 0.15) is 27.8 Å². The largest absolute Gasteiger partial charge is 0.369 e. The van der Waals surface area contributed by atoms with E-state index < -0.39 is 0 Å².